The molecule has 1 heterocycles. The highest BCUT2D eigenvalue weighted by Gasteiger charge is 2.37. The van der Waals surface area contributed by atoms with Gasteiger partial charge in [-0.25, -0.2) is 25.6 Å². The van der Waals surface area contributed by atoms with Crippen LogP contribution in [0.1, 0.15) is 27.8 Å². The topological polar surface area (TPSA) is 141 Å². The molecule has 2 N–H and O–H groups in total. The number of fused-ring (bicyclic) bond motifs is 1. The Morgan fingerprint density at radius 3 is 2.16 bits per heavy atom. The van der Waals surface area contributed by atoms with Crippen molar-refractivity contribution < 1.29 is 31.2 Å². The maximum atomic E-state index is 13.7. The van der Waals surface area contributed by atoms with E-state index in [1.54, 1.807) is 24.3 Å². The van der Waals surface area contributed by atoms with Gasteiger partial charge in [-0.05, 0) is 49.4 Å². The smallest absolute Gasteiger partial charge is 0.357 e. The molecule has 0 radical (unpaired) electrons. The third-order valence-corrected chi connectivity index (χ3v) is 8.48. The minimum atomic E-state index is -4.75. The molecule has 0 saturated heterocycles. The predicted octanol–water partition coefficient (Wildman–Crippen LogP) is 3.33. The van der Waals surface area contributed by atoms with Gasteiger partial charge in [0.2, 0.25) is 0 Å². The fourth-order valence-electron chi connectivity index (χ4n) is 3.63. The second-order valence-electron chi connectivity index (χ2n) is 7.57. The quantitative estimate of drug-likeness (QED) is 0.248. The lowest BCUT2D eigenvalue weighted by atomic mass is 10.2. The van der Waals surface area contributed by atoms with Crippen molar-refractivity contribution in [3.63, 3.8) is 0 Å². The molecule has 0 fully saturated rings. The van der Waals surface area contributed by atoms with Crippen LogP contribution in [0.15, 0.2) is 88.7 Å². The highest BCUT2D eigenvalue weighted by Crippen LogP contribution is 2.35. The second kappa shape index (κ2) is 10.3. The Morgan fingerprint density at radius 2 is 1.54 bits per heavy atom. The van der Waals surface area contributed by atoms with Crippen LogP contribution in [0.25, 0.3) is 10.9 Å². The molecule has 3 aromatic carbocycles. The zero-order chi connectivity index (χ0) is 26.8. The Bertz CT molecular complexity index is 1700. The first kappa shape index (κ1) is 26.4. The van der Waals surface area contributed by atoms with E-state index < -0.39 is 42.5 Å². The van der Waals surface area contributed by atoms with E-state index in [2.05, 4.69) is 5.43 Å². The number of nitrogens with zero attached hydrogens (tertiary/aromatic N) is 1. The molecule has 10 nitrogen and oxygen atoms in total. The van der Waals surface area contributed by atoms with E-state index in [4.69, 9.17) is 16.3 Å². The number of hydrogen-bond donors (Lipinski definition) is 2. The molecule has 192 valence electrons. The molecule has 0 atom stereocenters. The number of aromatic nitrogens is 1. The number of benzene rings is 3. The fourth-order valence-corrected chi connectivity index (χ4v) is 6.61. The molecule has 4 aromatic rings. The number of rotatable bonds is 8. The number of sulfonamides is 1. The van der Waals surface area contributed by atoms with Gasteiger partial charge in [0.1, 0.15) is 4.90 Å². The Morgan fingerprint density at radius 1 is 0.919 bits per heavy atom. The van der Waals surface area contributed by atoms with Gasteiger partial charge in [-0.3, -0.25) is 10.2 Å². The third kappa shape index (κ3) is 5.09. The summed E-state index contributed by atoms with van der Waals surface area (Å²) in [6, 6.07) is 18.8. The van der Waals surface area contributed by atoms with Gasteiger partial charge in [0, 0.05) is 16.0 Å². The van der Waals surface area contributed by atoms with Crippen molar-refractivity contribution in [2.45, 2.75) is 16.7 Å². The van der Waals surface area contributed by atoms with E-state index in [0.717, 1.165) is 0 Å². The Balaban J connectivity index is 1.96. The van der Waals surface area contributed by atoms with Crippen molar-refractivity contribution in [1.82, 2.24) is 14.2 Å². The van der Waals surface area contributed by atoms with Crippen molar-refractivity contribution in [3.8, 4) is 0 Å². The van der Waals surface area contributed by atoms with Gasteiger partial charge in [-0.2, -0.15) is 0 Å². The number of hydrogen-bond acceptors (Lipinski definition) is 7. The van der Waals surface area contributed by atoms with Crippen molar-refractivity contribution in [1.29, 1.82) is 0 Å². The largest absolute Gasteiger partial charge is 0.461 e. The summed E-state index contributed by atoms with van der Waals surface area (Å²) in [5, 5.41) is -0.0848. The average Bonchev–Trinajstić information content (AvgIpc) is 3.24. The lowest BCUT2D eigenvalue weighted by molar-refractivity contribution is 0.0514. The van der Waals surface area contributed by atoms with Gasteiger partial charge in [0.15, 0.2) is 5.69 Å². The number of halogens is 1. The van der Waals surface area contributed by atoms with Crippen LogP contribution in [0.3, 0.4) is 0 Å². The molecule has 4 rings (SSSR count). The summed E-state index contributed by atoms with van der Waals surface area (Å²) >= 11 is 6.12. The van der Waals surface area contributed by atoms with Crippen LogP contribution in [0.5, 0.6) is 0 Å². The van der Waals surface area contributed by atoms with Crippen molar-refractivity contribution in [2.75, 3.05) is 6.61 Å². The van der Waals surface area contributed by atoms with Crippen LogP contribution >= 0.6 is 11.6 Å². The molecule has 1 amide bonds. The summed E-state index contributed by atoms with van der Waals surface area (Å²) in [4.78, 5) is 26.6. The Labute approximate surface area is 217 Å². The Hall–Kier alpha value is -3.71. The lowest BCUT2D eigenvalue weighted by Gasteiger charge is -2.13. The molecule has 0 aliphatic rings. The van der Waals surface area contributed by atoms with Crippen molar-refractivity contribution in [2.24, 2.45) is 0 Å². The van der Waals surface area contributed by atoms with Gasteiger partial charge in [0.05, 0.1) is 17.0 Å². The van der Waals surface area contributed by atoms with E-state index >= 15 is 0 Å². The zero-order valence-electron chi connectivity index (χ0n) is 19.2. The van der Waals surface area contributed by atoms with Crippen LogP contribution in [0.2, 0.25) is 5.02 Å². The number of hydrazine groups is 1. The molecule has 0 unspecified atom stereocenters. The monoisotopic (exact) mass is 561 g/mol. The van der Waals surface area contributed by atoms with E-state index in [1.165, 1.54) is 61.5 Å². The maximum absolute atomic E-state index is 13.7. The Kier molecular flexibility index (Phi) is 7.37. The van der Waals surface area contributed by atoms with Gasteiger partial charge < -0.3 is 4.74 Å². The molecule has 1 aromatic heterocycles. The summed E-state index contributed by atoms with van der Waals surface area (Å²) in [7, 11) is -9.24. The van der Waals surface area contributed by atoms with E-state index in [9.17, 15) is 26.4 Å². The highest BCUT2D eigenvalue weighted by molar-refractivity contribution is 7.91. The summed E-state index contributed by atoms with van der Waals surface area (Å²) in [6.07, 6.45) is 0. The van der Waals surface area contributed by atoms with Gasteiger partial charge >= 0.3 is 5.97 Å². The number of amides is 1. The maximum Gasteiger partial charge on any atom is 0.357 e. The van der Waals surface area contributed by atoms with E-state index in [-0.39, 0.29) is 33.0 Å². The zero-order valence-corrected chi connectivity index (χ0v) is 21.6. The minimum absolute atomic E-state index is 0.0851. The van der Waals surface area contributed by atoms with Gasteiger partial charge in [0.25, 0.3) is 26.0 Å². The lowest BCUT2D eigenvalue weighted by Crippen LogP contribution is -2.42. The summed E-state index contributed by atoms with van der Waals surface area (Å²) in [6.45, 7) is 1.32. The van der Waals surface area contributed by atoms with Crippen LogP contribution in [0, 0.1) is 0 Å². The normalized spacial score (nSPS) is 11.8. The van der Waals surface area contributed by atoms with Crippen molar-refractivity contribution in [3.05, 3.63) is 95.1 Å². The summed E-state index contributed by atoms with van der Waals surface area (Å²) in [5.74, 6) is -1.98. The number of carbonyl (C=O) groups is 2. The molecule has 0 aliphatic heterocycles. The first-order chi connectivity index (χ1) is 17.6. The van der Waals surface area contributed by atoms with Crippen molar-refractivity contribution >= 4 is 54.4 Å². The van der Waals surface area contributed by atoms with E-state index in [0.29, 0.717) is 3.97 Å². The molecule has 0 spiro atoms. The summed E-state index contributed by atoms with van der Waals surface area (Å²) in [5.41, 5.74) is 1.33. The highest BCUT2D eigenvalue weighted by atomic mass is 35.5. The SMILES string of the molecule is CCOC(=O)c1c(S(=O)(=O)NNC(=O)c2ccccc2)c2cc(Cl)ccc2n1S(=O)(=O)c1ccccc1. The van der Waals surface area contributed by atoms with Crippen LogP contribution in [0.4, 0.5) is 0 Å². The van der Waals surface area contributed by atoms with Gasteiger partial charge in [-0.1, -0.05) is 48.0 Å². The van der Waals surface area contributed by atoms with Crippen LogP contribution < -0.4 is 10.3 Å². The predicted molar refractivity (Wildman–Crippen MR) is 136 cm³/mol. The molecule has 37 heavy (non-hydrogen) atoms. The molecular formula is C24H20ClN3O7S2. The molecule has 13 heteroatoms. The summed E-state index contributed by atoms with van der Waals surface area (Å²) < 4.78 is 60.1. The number of nitrogens with one attached hydrogen (secondary N) is 2. The standard InChI is InChI=1S/C24H20ClN3O7S2/c1-2-35-24(30)21-22(36(31,32)27-26-23(29)16-9-5-3-6-10-16)19-15-17(25)13-14-20(19)28(21)37(33,34)18-11-7-4-8-12-18/h3-15,27H,2H2,1H3,(H,26,29). The van der Waals surface area contributed by atoms with E-state index in [1.807, 2.05) is 4.83 Å². The second-order valence-corrected chi connectivity index (χ2v) is 11.4. The third-order valence-electron chi connectivity index (χ3n) is 5.19. The first-order valence-corrected chi connectivity index (χ1v) is 14.1. The number of ether oxygens (including phenoxy) is 1. The molecule has 0 saturated carbocycles. The average molecular weight is 562 g/mol. The van der Waals surface area contributed by atoms with Gasteiger partial charge in [-0.15, -0.1) is 4.83 Å². The molecule has 0 bridgehead atoms. The first-order valence-electron chi connectivity index (χ1n) is 10.8. The number of esters is 1. The number of carbonyl (C=O) groups excluding carboxylic acids is 2. The van der Waals surface area contributed by atoms with Crippen LogP contribution in [-0.4, -0.2) is 39.3 Å². The molecular weight excluding hydrogens is 542 g/mol. The molecule has 0 aliphatic carbocycles. The minimum Gasteiger partial charge on any atom is -0.461 e. The van der Waals surface area contributed by atoms with Crippen LogP contribution in [-0.2, 0) is 24.8 Å². The fraction of sp³-hybridized carbons (Fsp3) is 0.0833.